The number of carboxylic acids is 1. The summed E-state index contributed by atoms with van der Waals surface area (Å²) in [5, 5.41) is 11.1. The van der Waals surface area contributed by atoms with E-state index in [-0.39, 0.29) is 25.0 Å². The topological polar surface area (TPSA) is 153 Å². The lowest BCUT2D eigenvalue weighted by Gasteiger charge is -2.13. The first kappa shape index (κ1) is 17.2. The van der Waals surface area contributed by atoms with Crippen molar-refractivity contribution >= 4 is 35.5 Å². The minimum Gasteiger partial charge on any atom is -0.480 e. The molecule has 0 aliphatic rings. The highest BCUT2D eigenvalue weighted by Crippen LogP contribution is 2.03. The monoisotopic (exact) mass is 291 g/mol. The fourth-order valence-corrected chi connectivity index (χ4v) is 1.82. The standard InChI is InChI=1S/C10H17N3O5S/c11-7(14)2-1-6(10(17)18)13-9(16)3-4-19-5-8(12)15/h6H,1-5H2,(H2,11,14)(H2,12,15)(H,13,16)(H,17,18)/t6-/m0/s1. The van der Waals surface area contributed by atoms with Crippen molar-refractivity contribution in [2.24, 2.45) is 11.5 Å². The van der Waals surface area contributed by atoms with Crippen molar-refractivity contribution in [1.82, 2.24) is 5.32 Å². The Balaban J connectivity index is 3.99. The van der Waals surface area contributed by atoms with Crippen molar-refractivity contribution in [2.75, 3.05) is 11.5 Å². The Hall–Kier alpha value is -1.77. The van der Waals surface area contributed by atoms with Crippen molar-refractivity contribution < 1.29 is 24.3 Å². The number of thioether (sulfide) groups is 1. The maximum Gasteiger partial charge on any atom is 0.326 e. The Bertz CT molecular complexity index is 361. The van der Waals surface area contributed by atoms with E-state index < -0.39 is 29.7 Å². The van der Waals surface area contributed by atoms with Crippen LogP contribution in [0.4, 0.5) is 0 Å². The molecule has 1 atom stereocenters. The predicted molar refractivity (Wildman–Crippen MR) is 69.1 cm³/mol. The summed E-state index contributed by atoms with van der Waals surface area (Å²) >= 11 is 1.19. The maximum absolute atomic E-state index is 11.4. The molecular formula is C10H17N3O5S. The van der Waals surface area contributed by atoms with Crippen LogP contribution in [0, 0.1) is 0 Å². The lowest BCUT2D eigenvalue weighted by atomic mass is 10.1. The molecule has 0 fully saturated rings. The SMILES string of the molecule is NC(=O)CC[C@H](NC(=O)CCSCC(N)=O)C(=O)O. The summed E-state index contributed by atoms with van der Waals surface area (Å²) in [7, 11) is 0. The largest absolute Gasteiger partial charge is 0.480 e. The Labute approximate surface area is 114 Å². The summed E-state index contributed by atoms with van der Waals surface area (Å²) in [6, 6.07) is -1.14. The van der Waals surface area contributed by atoms with Crippen LogP contribution in [-0.4, -0.2) is 46.3 Å². The molecule has 6 N–H and O–H groups in total. The van der Waals surface area contributed by atoms with E-state index in [2.05, 4.69) is 5.32 Å². The van der Waals surface area contributed by atoms with Gasteiger partial charge in [0, 0.05) is 18.6 Å². The molecule has 0 saturated heterocycles. The molecular weight excluding hydrogens is 274 g/mol. The lowest BCUT2D eigenvalue weighted by molar-refractivity contribution is -0.142. The molecule has 0 rings (SSSR count). The third-order valence-electron chi connectivity index (χ3n) is 2.03. The van der Waals surface area contributed by atoms with Crippen LogP contribution in [0.3, 0.4) is 0 Å². The van der Waals surface area contributed by atoms with Gasteiger partial charge in [0.25, 0.3) is 0 Å². The van der Waals surface area contributed by atoms with E-state index in [1.54, 1.807) is 0 Å². The minimum atomic E-state index is -1.22. The quantitative estimate of drug-likeness (QED) is 0.357. The average molecular weight is 291 g/mol. The van der Waals surface area contributed by atoms with Crippen LogP contribution < -0.4 is 16.8 Å². The second kappa shape index (κ2) is 9.20. The first-order chi connectivity index (χ1) is 8.82. The normalized spacial score (nSPS) is 11.6. The molecule has 3 amide bonds. The van der Waals surface area contributed by atoms with Crippen LogP contribution in [0.1, 0.15) is 19.3 Å². The zero-order valence-electron chi connectivity index (χ0n) is 10.3. The number of carbonyl (C=O) groups is 4. The highest BCUT2D eigenvalue weighted by molar-refractivity contribution is 7.99. The van der Waals surface area contributed by atoms with Gasteiger partial charge in [0.2, 0.25) is 17.7 Å². The molecule has 0 saturated carbocycles. The molecule has 0 aromatic carbocycles. The van der Waals surface area contributed by atoms with Crippen molar-refractivity contribution in [3.63, 3.8) is 0 Å². The Morgan fingerprint density at radius 1 is 1.11 bits per heavy atom. The summed E-state index contributed by atoms with van der Waals surface area (Å²) in [6.07, 6.45) is -0.100. The zero-order chi connectivity index (χ0) is 14.8. The molecule has 0 aromatic heterocycles. The molecule has 0 spiro atoms. The molecule has 19 heavy (non-hydrogen) atoms. The van der Waals surface area contributed by atoms with E-state index in [1.165, 1.54) is 11.8 Å². The number of rotatable bonds is 10. The number of aliphatic carboxylic acids is 1. The molecule has 0 aliphatic heterocycles. The van der Waals surface area contributed by atoms with E-state index in [0.29, 0.717) is 5.75 Å². The van der Waals surface area contributed by atoms with Gasteiger partial charge < -0.3 is 21.9 Å². The smallest absolute Gasteiger partial charge is 0.326 e. The molecule has 8 nitrogen and oxygen atoms in total. The van der Waals surface area contributed by atoms with Crippen molar-refractivity contribution in [3.8, 4) is 0 Å². The van der Waals surface area contributed by atoms with Gasteiger partial charge in [0.1, 0.15) is 6.04 Å². The lowest BCUT2D eigenvalue weighted by Crippen LogP contribution is -2.41. The van der Waals surface area contributed by atoms with Gasteiger partial charge in [-0.25, -0.2) is 4.79 Å². The van der Waals surface area contributed by atoms with Gasteiger partial charge in [-0.2, -0.15) is 11.8 Å². The maximum atomic E-state index is 11.4. The summed E-state index contributed by atoms with van der Waals surface area (Å²) < 4.78 is 0. The van der Waals surface area contributed by atoms with Crippen LogP contribution in [0.25, 0.3) is 0 Å². The van der Waals surface area contributed by atoms with Gasteiger partial charge in [-0.05, 0) is 6.42 Å². The van der Waals surface area contributed by atoms with E-state index >= 15 is 0 Å². The van der Waals surface area contributed by atoms with Crippen LogP contribution in [0.5, 0.6) is 0 Å². The van der Waals surface area contributed by atoms with Gasteiger partial charge in [0.15, 0.2) is 0 Å². The molecule has 0 unspecified atom stereocenters. The first-order valence-corrected chi connectivity index (χ1v) is 6.65. The number of nitrogens with one attached hydrogen (secondary N) is 1. The zero-order valence-corrected chi connectivity index (χ0v) is 11.1. The molecule has 9 heteroatoms. The molecule has 0 aliphatic carbocycles. The number of carboxylic acid groups (broad SMARTS) is 1. The molecule has 108 valence electrons. The summed E-state index contributed by atoms with van der Waals surface area (Å²) in [4.78, 5) is 43.3. The summed E-state index contributed by atoms with van der Waals surface area (Å²) in [5.41, 5.74) is 9.82. The third kappa shape index (κ3) is 9.89. The van der Waals surface area contributed by atoms with Gasteiger partial charge >= 0.3 is 5.97 Å². The van der Waals surface area contributed by atoms with Crippen molar-refractivity contribution in [2.45, 2.75) is 25.3 Å². The second-order valence-electron chi connectivity index (χ2n) is 3.73. The minimum absolute atomic E-state index is 0.0508. The average Bonchev–Trinajstić information content (AvgIpc) is 2.29. The number of primary amides is 2. The number of amides is 3. The van der Waals surface area contributed by atoms with Gasteiger partial charge in [-0.15, -0.1) is 0 Å². The van der Waals surface area contributed by atoms with Gasteiger partial charge in [-0.1, -0.05) is 0 Å². The Kier molecular flexibility index (Phi) is 8.34. The van der Waals surface area contributed by atoms with E-state index in [4.69, 9.17) is 16.6 Å². The van der Waals surface area contributed by atoms with Crippen LogP contribution in [-0.2, 0) is 19.2 Å². The number of carbonyl (C=O) groups excluding carboxylic acids is 3. The second-order valence-corrected chi connectivity index (χ2v) is 4.84. The number of nitrogens with two attached hydrogens (primary N) is 2. The Morgan fingerprint density at radius 2 is 1.74 bits per heavy atom. The van der Waals surface area contributed by atoms with Crippen molar-refractivity contribution in [1.29, 1.82) is 0 Å². The highest BCUT2D eigenvalue weighted by Gasteiger charge is 2.20. The van der Waals surface area contributed by atoms with Crippen molar-refractivity contribution in [3.05, 3.63) is 0 Å². The van der Waals surface area contributed by atoms with Crippen LogP contribution in [0.15, 0.2) is 0 Å². The fourth-order valence-electron chi connectivity index (χ4n) is 1.15. The van der Waals surface area contributed by atoms with Gasteiger partial charge in [0.05, 0.1) is 5.75 Å². The predicted octanol–water partition coefficient (Wildman–Crippen LogP) is -1.57. The summed E-state index contributed by atoms with van der Waals surface area (Å²) in [5.74, 6) is -2.32. The molecule has 0 bridgehead atoms. The molecule has 0 radical (unpaired) electrons. The van der Waals surface area contributed by atoms with Crippen LogP contribution >= 0.6 is 11.8 Å². The first-order valence-electron chi connectivity index (χ1n) is 5.49. The van der Waals surface area contributed by atoms with Gasteiger partial charge in [-0.3, -0.25) is 14.4 Å². The van der Waals surface area contributed by atoms with E-state index in [9.17, 15) is 19.2 Å². The van der Waals surface area contributed by atoms with E-state index in [1.807, 2.05) is 0 Å². The van der Waals surface area contributed by atoms with E-state index in [0.717, 1.165) is 0 Å². The highest BCUT2D eigenvalue weighted by atomic mass is 32.2. The van der Waals surface area contributed by atoms with Crippen LogP contribution in [0.2, 0.25) is 0 Å². The molecule has 0 aromatic rings. The fraction of sp³-hybridized carbons (Fsp3) is 0.600. The third-order valence-corrected chi connectivity index (χ3v) is 3.01. The summed E-state index contributed by atoms with van der Waals surface area (Å²) in [6.45, 7) is 0. The number of hydrogen-bond acceptors (Lipinski definition) is 5. The Morgan fingerprint density at radius 3 is 2.21 bits per heavy atom. The number of hydrogen-bond donors (Lipinski definition) is 4. The molecule has 0 heterocycles.